The number of anilines is 1. The molecule has 0 radical (unpaired) electrons. The van der Waals surface area contributed by atoms with Crippen LogP contribution in [0.5, 0.6) is 5.75 Å². The molecule has 1 aromatic rings. The van der Waals surface area contributed by atoms with E-state index in [1.165, 1.54) is 25.7 Å². The lowest BCUT2D eigenvalue weighted by molar-refractivity contribution is -0.118. The van der Waals surface area contributed by atoms with Gasteiger partial charge >= 0.3 is 0 Å². The summed E-state index contributed by atoms with van der Waals surface area (Å²) in [6.45, 7) is 1.45. The van der Waals surface area contributed by atoms with Gasteiger partial charge in [-0.15, -0.1) is 0 Å². The van der Waals surface area contributed by atoms with Crippen LogP contribution in [-0.4, -0.2) is 48.6 Å². The summed E-state index contributed by atoms with van der Waals surface area (Å²) in [4.78, 5) is 26.0. The Morgan fingerprint density at radius 2 is 1.84 bits per heavy atom. The van der Waals surface area contributed by atoms with Crippen LogP contribution in [0.25, 0.3) is 0 Å². The van der Waals surface area contributed by atoms with Gasteiger partial charge in [0.1, 0.15) is 5.75 Å². The number of rotatable bonds is 3. The van der Waals surface area contributed by atoms with E-state index in [1.807, 2.05) is 4.90 Å². The van der Waals surface area contributed by atoms with Crippen molar-refractivity contribution in [3.8, 4) is 5.75 Å². The Bertz CT molecular complexity index is 661. The van der Waals surface area contributed by atoms with Gasteiger partial charge in [-0.25, -0.2) is 0 Å². The van der Waals surface area contributed by atoms with Crippen molar-refractivity contribution in [1.29, 1.82) is 0 Å². The van der Waals surface area contributed by atoms with Gasteiger partial charge in [-0.2, -0.15) is 0 Å². The molecule has 0 bridgehead atoms. The molecule has 1 saturated heterocycles. The highest BCUT2D eigenvalue weighted by Crippen LogP contribution is 2.30. The van der Waals surface area contributed by atoms with Crippen molar-refractivity contribution in [2.75, 3.05) is 25.0 Å². The Balaban J connectivity index is 1.35. The molecule has 6 nitrogen and oxygen atoms in total. The van der Waals surface area contributed by atoms with E-state index in [9.17, 15) is 9.59 Å². The van der Waals surface area contributed by atoms with Crippen LogP contribution < -0.4 is 10.1 Å². The van der Waals surface area contributed by atoms with Gasteiger partial charge in [0.2, 0.25) is 0 Å². The van der Waals surface area contributed by atoms with Gasteiger partial charge in [-0.1, -0.05) is 12.8 Å². The summed E-state index contributed by atoms with van der Waals surface area (Å²) in [6, 6.07) is 5.20. The first-order chi connectivity index (χ1) is 12.2. The number of amides is 2. The molecule has 3 aliphatic rings. The van der Waals surface area contributed by atoms with Crippen molar-refractivity contribution in [3.63, 3.8) is 0 Å². The van der Waals surface area contributed by atoms with Crippen molar-refractivity contribution >= 4 is 17.5 Å². The zero-order chi connectivity index (χ0) is 17.2. The number of piperidine rings is 1. The van der Waals surface area contributed by atoms with E-state index in [-0.39, 0.29) is 24.5 Å². The Morgan fingerprint density at radius 1 is 1.12 bits per heavy atom. The summed E-state index contributed by atoms with van der Waals surface area (Å²) >= 11 is 0. The quantitative estimate of drug-likeness (QED) is 0.915. The van der Waals surface area contributed by atoms with Gasteiger partial charge in [0.15, 0.2) is 6.61 Å². The van der Waals surface area contributed by atoms with Crippen LogP contribution in [-0.2, 0) is 9.53 Å². The van der Waals surface area contributed by atoms with Gasteiger partial charge in [-0.05, 0) is 43.9 Å². The van der Waals surface area contributed by atoms with Crippen molar-refractivity contribution in [2.24, 2.45) is 0 Å². The summed E-state index contributed by atoms with van der Waals surface area (Å²) in [5.41, 5.74) is 1.22. The summed E-state index contributed by atoms with van der Waals surface area (Å²) in [6.07, 6.45) is 7.45. The molecule has 134 valence electrons. The van der Waals surface area contributed by atoms with E-state index < -0.39 is 0 Å². The third kappa shape index (κ3) is 3.63. The Labute approximate surface area is 147 Å². The number of hydrogen-bond acceptors (Lipinski definition) is 4. The van der Waals surface area contributed by atoms with E-state index in [0.29, 0.717) is 23.1 Å². The molecule has 2 heterocycles. The zero-order valence-electron chi connectivity index (χ0n) is 14.3. The van der Waals surface area contributed by atoms with E-state index in [2.05, 4.69) is 5.32 Å². The number of carbonyl (C=O) groups is 2. The molecule has 1 aliphatic carbocycles. The molecular weight excluding hydrogens is 320 g/mol. The number of ether oxygens (including phenoxy) is 2. The van der Waals surface area contributed by atoms with E-state index in [4.69, 9.17) is 9.47 Å². The predicted octanol–water partition coefficient (Wildman–Crippen LogP) is 2.58. The fourth-order valence-electron chi connectivity index (χ4n) is 3.88. The Hall–Kier alpha value is -2.08. The summed E-state index contributed by atoms with van der Waals surface area (Å²) in [5.74, 6) is 0.406. The highest BCUT2D eigenvalue weighted by atomic mass is 16.5. The Morgan fingerprint density at radius 3 is 2.60 bits per heavy atom. The number of carbonyl (C=O) groups excluding carboxylic acids is 2. The van der Waals surface area contributed by atoms with Crippen LogP contribution in [0.2, 0.25) is 0 Å². The third-order valence-electron chi connectivity index (χ3n) is 5.28. The molecule has 1 aromatic carbocycles. The average Bonchev–Trinajstić information content (AvgIpc) is 3.14. The number of fused-ring (bicyclic) bond motifs is 1. The molecule has 0 unspecified atom stereocenters. The minimum atomic E-state index is -0.170. The monoisotopic (exact) mass is 344 g/mol. The van der Waals surface area contributed by atoms with Gasteiger partial charge in [0.05, 0.1) is 17.9 Å². The van der Waals surface area contributed by atoms with Crippen molar-refractivity contribution < 1.29 is 19.1 Å². The summed E-state index contributed by atoms with van der Waals surface area (Å²) in [7, 11) is 0. The molecular formula is C19H24N2O4. The first kappa shape index (κ1) is 16.4. The van der Waals surface area contributed by atoms with Crippen LogP contribution in [0.1, 0.15) is 48.9 Å². The molecule has 2 aliphatic heterocycles. The summed E-state index contributed by atoms with van der Waals surface area (Å²) in [5, 5.41) is 2.74. The second kappa shape index (κ2) is 7.04. The average molecular weight is 344 g/mol. The Kier molecular flexibility index (Phi) is 4.61. The number of hydrogen-bond donors (Lipinski definition) is 1. The van der Waals surface area contributed by atoms with Gasteiger partial charge in [-0.3, -0.25) is 9.59 Å². The van der Waals surface area contributed by atoms with E-state index in [0.717, 1.165) is 25.9 Å². The second-order valence-corrected chi connectivity index (χ2v) is 7.08. The highest BCUT2D eigenvalue weighted by Gasteiger charge is 2.28. The van der Waals surface area contributed by atoms with Crippen molar-refractivity contribution in [3.05, 3.63) is 23.8 Å². The van der Waals surface area contributed by atoms with Crippen LogP contribution in [0.4, 0.5) is 5.69 Å². The predicted molar refractivity (Wildman–Crippen MR) is 92.8 cm³/mol. The lowest BCUT2D eigenvalue weighted by Gasteiger charge is -2.33. The molecule has 2 amide bonds. The number of benzene rings is 1. The van der Waals surface area contributed by atoms with Crippen LogP contribution in [0.15, 0.2) is 18.2 Å². The first-order valence-electron chi connectivity index (χ1n) is 9.20. The number of nitrogens with one attached hydrogen (secondary N) is 1. The molecule has 1 saturated carbocycles. The summed E-state index contributed by atoms with van der Waals surface area (Å²) < 4.78 is 11.6. The van der Waals surface area contributed by atoms with Crippen LogP contribution in [0.3, 0.4) is 0 Å². The van der Waals surface area contributed by atoms with E-state index >= 15 is 0 Å². The smallest absolute Gasteiger partial charge is 0.262 e. The number of likely N-dealkylation sites (tertiary alicyclic amines) is 1. The SMILES string of the molecule is O=C1COc2cc(C(=O)N3CCC(OC4CCCC4)CC3)ccc2N1. The van der Waals surface area contributed by atoms with Gasteiger partial charge < -0.3 is 19.7 Å². The second-order valence-electron chi connectivity index (χ2n) is 7.08. The minimum Gasteiger partial charge on any atom is -0.482 e. The third-order valence-corrected chi connectivity index (χ3v) is 5.28. The van der Waals surface area contributed by atoms with Crippen LogP contribution in [0, 0.1) is 0 Å². The normalized spacial score (nSPS) is 21.6. The largest absolute Gasteiger partial charge is 0.482 e. The molecule has 2 fully saturated rings. The minimum absolute atomic E-state index is 0.00541. The maximum atomic E-state index is 12.7. The molecule has 1 N–H and O–H groups in total. The molecule has 4 rings (SSSR count). The molecule has 25 heavy (non-hydrogen) atoms. The molecule has 0 spiro atoms. The lowest BCUT2D eigenvalue weighted by atomic mass is 10.1. The molecule has 0 atom stereocenters. The molecule has 6 heteroatoms. The standard InChI is InChI=1S/C19H24N2O4/c22-18-12-24-17-11-13(5-6-16(17)20-18)19(23)21-9-7-15(8-10-21)25-14-3-1-2-4-14/h5-6,11,14-15H,1-4,7-10,12H2,(H,20,22). The van der Waals surface area contributed by atoms with Gasteiger partial charge in [0, 0.05) is 18.7 Å². The maximum Gasteiger partial charge on any atom is 0.262 e. The maximum absolute atomic E-state index is 12.7. The van der Waals surface area contributed by atoms with Crippen LogP contribution >= 0.6 is 0 Å². The topological polar surface area (TPSA) is 67.9 Å². The first-order valence-corrected chi connectivity index (χ1v) is 9.20. The van der Waals surface area contributed by atoms with Crippen molar-refractivity contribution in [2.45, 2.75) is 50.7 Å². The fourth-order valence-corrected chi connectivity index (χ4v) is 3.88. The molecule has 0 aromatic heterocycles. The van der Waals surface area contributed by atoms with Gasteiger partial charge in [0.25, 0.3) is 11.8 Å². The number of nitrogens with zero attached hydrogens (tertiary/aromatic N) is 1. The lowest BCUT2D eigenvalue weighted by Crippen LogP contribution is -2.41. The zero-order valence-corrected chi connectivity index (χ0v) is 14.3. The highest BCUT2D eigenvalue weighted by molar-refractivity contribution is 5.99. The fraction of sp³-hybridized carbons (Fsp3) is 0.579. The van der Waals surface area contributed by atoms with Crippen molar-refractivity contribution in [1.82, 2.24) is 4.90 Å². The van der Waals surface area contributed by atoms with E-state index in [1.54, 1.807) is 18.2 Å².